The Kier molecular flexibility index (Phi) is 5.26. The number of benzene rings is 2. The molecule has 0 radical (unpaired) electrons. The molecular weight excluding hydrogens is 354 g/mol. The molecule has 0 aliphatic heterocycles. The molecule has 0 fully saturated rings. The molecule has 0 spiro atoms. The quantitative estimate of drug-likeness (QED) is 0.846. The van der Waals surface area contributed by atoms with Gasteiger partial charge in [0, 0.05) is 4.47 Å². The van der Waals surface area contributed by atoms with Crippen molar-refractivity contribution in [1.29, 1.82) is 0 Å². The van der Waals surface area contributed by atoms with Gasteiger partial charge in [0.15, 0.2) is 6.61 Å². The number of halogens is 2. The normalized spacial score (nSPS) is 10.3. The molecular formula is C16H15BrClNO2. The summed E-state index contributed by atoms with van der Waals surface area (Å²) in [6, 6.07) is 11.1. The summed E-state index contributed by atoms with van der Waals surface area (Å²) in [4.78, 5) is 12.0. The van der Waals surface area contributed by atoms with Gasteiger partial charge in [0.2, 0.25) is 0 Å². The summed E-state index contributed by atoms with van der Waals surface area (Å²) in [5.74, 6) is 0.384. The topological polar surface area (TPSA) is 38.3 Å². The highest BCUT2D eigenvalue weighted by atomic mass is 79.9. The molecule has 3 nitrogen and oxygen atoms in total. The van der Waals surface area contributed by atoms with Gasteiger partial charge in [-0.2, -0.15) is 0 Å². The first-order chi connectivity index (χ1) is 9.95. The van der Waals surface area contributed by atoms with E-state index in [1.807, 2.05) is 38.1 Å². The summed E-state index contributed by atoms with van der Waals surface area (Å²) in [5.41, 5.74) is 2.61. The fraction of sp³-hybridized carbons (Fsp3) is 0.188. The smallest absolute Gasteiger partial charge is 0.262 e. The zero-order chi connectivity index (χ0) is 15.4. The molecule has 0 saturated heterocycles. The van der Waals surface area contributed by atoms with Crippen LogP contribution in [0.3, 0.4) is 0 Å². The Balaban J connectivity index is 1.99. The molecule has 21 heavy (non-hydrogen) atoms. The van der Waals surface area contributed by atoms with Gasteiger partial charge in [0.25, 0.3) is 5.91 Å². The van der Waals surface area contributed by atoms with Crippen molar-refractivity contribution in [3.05, 3.63) is 57.0 Å². The second kappa shape index (κ2) is 6.96. The molecule has 0 aliphatic carbocycles. The molecule has 1 amide bonds. The molecule has 0 heterocycles. The molecule has 0 atom stereocenters. The van der Waals surface area contributed by atoms with Crippen molar-refractivity contribution in [3.8, 4) is 5.75 Å². The van der Waals surface area contributed by atoms with Crippen molar-refractivity contribution in [1.82, 2.24) is 0 Å². The lowest BCUT2D eigenvalue weighted by atomic mass is 10.1. The molecule has 0 aromatic heterocycles. The van der Waals surface area contributed by atoms with Crippen LogP contribution < -0.4 is 10.1 Å². The van der Waals surface area contributed by atoms with Gasteiger partial charge in [0.1, 0.15) is 5.75 Å². The highest BCUT2D eigenvalue weighted by molar-refractivity contribution is 9.10. The first-order valence-corrected chi connectivity index (χ1v) is 7.58. The summed E-state index contributed by atoms with van der Waals surface area (Å²) in [6.45, 7) is 3.80. The summed E-state index contributed by atoms with van der Waals surface area (Å²) in [7, 11) is 0. The van der Waals surface area contributed by atoms with Crippen LogP contribution in [0.5, 0.6) is 5.75 Å². The Hall–Kier alpha value is -1.52. The molecule has 0 unspecified atom stereocenters. The lowest BCUT2D eigenvalue weighted by molar-refractivity contribution is -0.118. The van der Waals surface area contributed by atoms with E-state index in [2.05, 4.69) is 21.2 Å². The van der Waals surface area contributed by atoms with E-state index in [0.717, 1.165) is 15.6 Å². The average Bonchev–Trinajstić information content (AvgIpc) is 2.40. The Labute approximate surface area is 137 Å². The van der Waals surface area contributed by atoms with Gasteiger partial charge in [0.05, 0.1) is 10.7 Å². The first kappa shape index (κ1) is 15.9. The maximum atomic E-state index is 12.0. The fourth-order valence-electron chi connectivity index (χ4n) is 1.96. The zero-order valence-electron chi connectivity index (χ0n) is 11.7. The number of amides is 1. The number of hydrogen-bond donors (Lipinski definition) is 1. The van der Waals surface area contributed by atoms with Crippen LogP contribution in [0.4, 0.5) is 5.69 Å². The lowest BCUT2D eigenvalue weighted by Crippen LogP contribution is -2.21. The number of aryl methyl sites for hydroxylation is 2. The van der Waals surface area contributed by atoms with Crippen molar-refractivity contribution in [3.63, 3.8) is 0 Å². The van der Waals surface area contributed by atoms with Crippen LogP contribution in [-0.2, 0) is 4.79 Å². The van der Waals surface area contributed by atoms with Crippen LogP contribution >= 0.6 is 27.5 Å². The van der Waals surface area contributed by atoms with E-state index in [-0.39, 0.29) is 12.5 Å². The maximum Gasteiger partial charge on any atom is 0.262 e. The number of anilines is 1. The maximum absolute atomic E-state index is 12.0. The largest absolute Gasteiger partial charge is 0.484 e. The van der Waals surface area contributed by atoms with Crippen LogP contribution in [0.1, 0.15) is 11.1 Å². The summed E-state index contributed by atoms with van der Waals surface area (Å²) < 4.78 is 6.34. The van der Waals surface area contributed by atoms with Gasteiger partial charge >= 0.3 is 0 Å². The second-order valence-corrected chi connectivity index (χ2v) is 6.06. The number of rotatable bonds is 4. The van der Waals surface area contributed by atoms with E-state index in [4.69, 9.17) is 16.3 Å². The van der Waals surface area contributed by atoms with Gasteiger partial charge in [-0.1, -0.05) is 39.7 Å². The summed E-state index contributed by atoms with van der Waals surface area (Å²) in [5, 5.41) is 3.31. The minimum atomic E-state index is -0.246. The van der Waals surface area contributed by atoms with Crippen molar-refractivity contribution in [2.75, 3.05) is 11.9 Å². The molecule has 1 N–H and O–H groups in total. The Morgan fingerprint density at radius 1 is 1.29 bits per heavy atom. The van der Waals surface area contributed by atoms with E-state index in [9.17, 15) is 4.79 Å². The van der Waals surface area contributed by atoms with E-state index in [0.29, 0.717) is 16.5 Å². The lowest BCUT2D eigenvalue weighted by Gasteiger charge is -2.12. The van der Waals surface area contributed by atoms with Crippen LogP contribution in [0.15, 0.2) is 40.9 Å². The monoisotopic (exact) mass is 367 g/mol. The van der Waals surface area contributed by atoms with Crippen molar-refractivity contribution in [2.24, 2.45) is 0 Å². The summed E-state index contributed by atoms with van der Waals surface area (Å²) >= 11 is 9.51. The number of ether oxygens (including phenoxy) is 1. The summed E-state index contributed by atoms with van der Waals surface area (Å²) in [6.07, 6.45) is 0. The third-order valence-electron chi connectivity index (χ3n) is 2.86. The molecule has 5 heteroatoms. The third-order valence-corrected chi connectivity index (χ3v) is 3.65. The van der Waals surface area contributed by atoms with Gasteiger partial charge in [-0.05, 0) is 49.2 Å². The van der Waals surface area contributed by atoms with Crippen LogP contribution in [0.2, 0.25) is 5.02 Å². The fourth-order valence-corrected chi connectivity index (χ4v) is 2.70. The Morgan fingerprint density at radius 3 is 2.71 bits per heavy atom. The number of hydrogen-bond acceptors (Lipinski definition) is 2. The molecule has 0 bridgehead atoms. The Bertz CT molecular complexity index is 650. The zero-order valence-corrected chi connectivity index (χ0v) is 14.1. The van der Waals surface area contributed by atoms with Crippen molar-refractivity contribution >= 4 is 39.1 Å². The number of carbonyl (C=O) groups is 1. The van der Waals surface area contributed by atoms with Gasteiger partial charge in [-0.25, -0.2) is 0 Å². The van der Waals surface area contributed by atoms with Gasteiger partial charge in [-0.15, -0.1) is 0 Å². The van der Waals surface area contributed by atoms with E-state index >= 15 is 0 Å². The average molecular weight is 369 g/mol. The minimum Gasteiger partial charge on any atom is -0.484 e. The molecule has 110 valence electrons. The van der Waals surface area contributed by atoms with E-state index in [1.54, 1.807) is 12.1 Å². The highest BCUT2D eigenvalue weighted by Gasteiger charge is 2.10. The van der Waals surface area contributed by atoms with Crippen molar-refractivity contribution < 1.29 is 9.53 Å². The molecule has 0 aliphatic rings. The van der Waals surface area contributed by atoms with Crippen molar-refractivity contribution in [2.45, 2.75) is 13.8 Å². The van der Waals surface area contributed by atoms with Gasteiger partial charge < -0.3 is 10.1 Å². The van der Waals surface area contributed by atoms with E-state index in [1.165, 1.54) is 0 Å². The molecule has 0 saturated carbocycles. The predicted molar refractivity (Wildman–Crippen MR) is 89.2 cm³/mol. The minimum absolute atomic E-state index is 0.0693. The molecule has 2 rings (SSSR count). The standard InChI is InChI=1S/C16H15BrClNO2/c1-10-6-11(2)16(14(18)7-10)19-15(20)9-21-13-5-3-4-12(17)8-13/h3-8H,9H2,1-2H3,(H,19,20). The van der Waals surface area contributed by atoms with E-state index < -0.39 is 0 Å². The SMILES string of the molecule is Cc1cc(C)c(NC(=O)COc2cccc(Br)c2)c(Cl)c1. The highest BCUT2D eigenvalue weighted by Crippen LogP contribution is 2.27. The molecule has 2 aromatic rings. The van der Waals surface area contributed by atoms with Crippen LogP contribution in [0.25, 0.3) is 0 Å². The predicted octanol–water partition coefficient (Wildman–Crippen LogP) is 4.74. The Morgan fingerprint density at radius 2 is 2.05 bits per heavy atom. The van der Waals surface area contributed by atoms with Crippen LogP contribution in [0, 0.1) is 13.8 Å². The molecule has 2 aromatic carbocycles. The van der Waals surface area contributed by atoms with Gasteiger partial charge in [-0.3, -0.25) is 4.79 Å². The third kappa shape index (κ3) is 4.48. The number of carbonyl (C=O) groups excluding carboxylic acids is 1. The number of nitrogens with one attached hydrogen (secondary N) is 1. The first-order valence-electron chi connectivity index (χ1n) is 6.40. The van der Waals surface area contributed by atoms with Crippen LogP contribution in [-0.4, -0.2) is 12.5 Å². The second-order valence-electron chi connectivity index (χ2n) is 4.73.